The topological polar surface area (TPSA) is 121 Å². The van der Waals surface area contributed by atoms with Gasteiger partial charge in [-0.3, -0.25) is 9.98 Å². The van der Waals surface area contributed by atoms with E-state index in [1.807, 2.05) is 6.07 Å². The molecule has 0 amide bonds. The van der Waals surface area contributed by atoms with Crippen LogP contribution in [0, 0.1) is 17.1 Å². The van der Waals surface area contributed by atoms with Crippen molar-refractivity contribution in [3.63, 3.8) is 0 Å². The van der Waals surface area contributed by atoms with E-state index in [4.69, 9.17) is 16.7 Å². The molecule has 0 aliphatic carbocycles. The van der Waals surface area contributed by atoms with Gasteiger partial charge in [0, 0.05) is 18.0 Å². The second-order valence-corrected chi connectivity index (χ2v) is 4.54. The first-order valence-electron chi connectivity index (χ1n) is 6.77. The zero-order chi connectivity index (χ0) is 17.2. The Hall–Kier alpha value is -2.98. The molecule has 120 valence electrons. The molecule has 1 aromatic carbocycles. The van der Waals surface area contributed by atoms with Gasteiger partial charge in [0.15, 0.2) is 0 Å². The second-order valence-electron chi connectivity index (χ2n) is 4.54. The summed E-state index contributed by atoms with van der Waals surface area (Å²) in [7, 11) is 0. The molecule has 1 unspecified atom stereocenters. The summed E-state index contributed by atoms with van der Waals surface area (Å²) in [5, 5.41) is 18.5. The van der Waals surface area contributed by atoms with Gasteiger partial charge >= 0.3 is 0 Å². The number of aliphatic hydroxyl groups excluding tert-OH is 1. The molecule has 0 spiro atoms. The highest BCUT2D eigenvalue weighted by molar-refractivity contribution is 5.99. The van der Waals surface area contributed by atoms with Gasteiger partial charge in [-0.2, -0.15) is 5.26 Å². The van der Waals surface area contributed by atoms with E-state index in [1.54, 1.807) is 0 Å². The van der Waals surface area contributed by atoms with Crippen LogP contribution >= 0.6 is 0 Å². The number of nitrogens with zero attached hydrogens (tertiary/aromatic N) is 3. The van der Waals surface area contributed by atoms with Crippen LogP contribution in [-0.4, -0.2) is 23.6 Å². The lowest BCUT2D eigenvalue weighted by molar-refractivity contribution is 0.199. The van der Waals surface area contributed by atoms with Gasteiger partial charge < -0.3 is 16.6 Å². The van der Waals surface area contributed by atoms with Crippen LogP contribution in [0.3, 0.4) is 0 Å². The molecule has 0 saturated carbocycles. The molecule has 0 heterocycles. The molecule has 23 heavy (non-hydrogen) atoms. The summed E-state index contributed by atoms with van der Waals surface area (Å²) < 4.78 is 13.3. The molecule has 0 saturated heterocycles. The van der Waals surface area contributed by atoms with Crippen LogP contribution in [-0.2, 0) is 0 Å². The number of hydrogen-bond acceptors (Lipinski definition) is 6. The number of nitriles is 1. The van der Waals surface area contributed by atoms with Gasteiger partial charge in [0.2, 0.25) is 0 Å². The van der Waals surface area contributed by atoms with Crippen molar-refractivity contribution in [2.24, 2.45) is 21.5 Å². The first-order valence-corrected chi connectivity index (χ1v) is 6.77. The van der Waals surface area contributed by atoms with Crippen LogP contribution in [0.15, 0.2) is 52.2 Å². The van der Waals surface area contributed by atoms with E-state index in [0.29, 0.717) is 17.0 Å². The van der Waals surface area contributed by atoms with Crippen LogP contribution in [0.5, 0.6) is 0 Å². The largest absolute Gasteiger partial charge is 0.405 e. The maximum atomic E-state index is 13.3. The molecule has 1 rings (SSSR count). The van der Waals surface area contributed by atoms with Gasteiger partial charge in [0.1, 0.15) is 11.9 Å². The van der Waals surface area contributed by atoms with Crippen molar-refractivity contribution in [1.29, 1.82) is 5.26 Å². The van der Waals surface area contributed by atoms with Crippen molar-refractivity contribution in [3.05, 3.63) is 53.6 Å². The Labute approximate surface area is 134 Å². The summed E-state index contributed by atoms with van der Waals surface area (Å²) in [6, 6.07) is 5.81. The molecule has 1 atom stereocenters. The summed E-state index contributed by atoms with van der Waals surface area (Å²) in [5.74, 6) is -0.458. The number of benzene rings is 1. The van der Waals surface area contributed by atoms with Crippen LogP contribution in [0.4, 0.5) is 10.1 Å². The van der Waals surface area contributed by atoms with Gasteiger partial charge in [0.25, 0.3) is 0 Å². The van der Waals surface area contributed by atoms with Crippen LogP contribution in [0.25, 0.3) is 0 Å². The maximum absolute atomic E-state index is 13.3. The molecule has 1 aromatic rings. The van der Waals surface area contributed by atoms with E-state index in [0.717, 1.165) is 6.20 Å². The molecule has 6 nitrogen and oxygen atoms in total. The van der Waals surface area contributed by atoms with Gasteiger partial charge in [-0.05, 0) is 37.4 Å². The van der Waals surface area contributed by atoms with E-state index in [9.17, 15) is 9.50 Å². The molecule has 0 aromatic heterocycles. The minimum atomic E-state index is -0.874. The predicted molar refractivity (Wildman–Crippen MR) is 88.7 cm³/mol. The van der Waals surface area contributed by atoms with Crippen LogP contribution in [0.2, 0.25) is 0 Å². The SMILES string of the molecule is CC(O)c1cc(F)ccc1N=C(C=CN)CN=CC(C#N)=CN. The molecular weight excluding hydrogens is 297 g/mol. The van der Waals surface area contributed by atoms with Crippen molar-refractivity contribution >= 4 is 17.6 Å². The van der Waals surface area contributed by atoms with Crippen molar-refractivity contribution < 1.29 is 9.50 Å². The smallest absolute Gasteiger partial charge is 0.123 e. The summed E-state index contributed by atoms with van der Waals surface area (Å²) in [6.45, 7) is 1.67. The highest BCUT2D eigenvalue weighted by Crippen LogP contribution is 2.26. The van der Waals surface area contributed by atoms with E-state index in [1.165, 1.54) is 43.6 Å². The fourth-order valence-electron chi connectivity index (χ4n) is 1.70. The average Bonchev–Trinajstić information content (AvgIpc) is 2.53. The summed E-state index contributed by atoms with van der Waals surface area (Å²) in [4.78, 5) is 8.39. The lowest BCUT2D eigenvalue weighted by Crippen LogP contribution is -2.02. The molecular formula is C16H18FN5O. The zero-order valence-electron chi connectivity index (χ0n) is 12.6. The van der Waals surface area contributed by atoms with Crippen molar-refractivity contribution in [1.82, 2.24) is 0 Å². The molecule has 0 aliphatic heterocycles. The van der Waals surface area contributed by atoms with Gasteiger partial charge in [-0.25, -0.2) is 4.39 Å². The van der Waals surface area contributed by atoms with E-state index in [2.05, 4.69) is 9.98 Å². The fourth-order valence-corrected chi connectivity index (χ4v) is 1.70. The first-order chi connectivity index (χ1) is 11.0. The Kier molecular flexibility index (Phi) is 7.17. The maximum Gasteiger partial charge on any atom is 0.123 e. The second kappa shape index (κ2) is 9.12. The number of halogens is 1. The standard InChI is InChI=1S/C16H18FN5O/c1-11(23)15-6-13(17)2-3-16(15)22-14(4-5-18)10-21-9-12(7-19)8-20/h2-7,9,11,23H,10,18-19H2,1H3. The summed E-state index contributed by atoms with van der Waals surface area (Å²) >= 11 is 0. The summed E-state index contributed by atoms with van der Waals surface area (Å²) in [5.41, 5.74) is 12.1. The third-order valence-electron chi connectivity index (χ3n) is 2.78. The van der Waals surface area contributed by atoms with Gasteiger partial charge in [-0.15, -0.1) is 0 Å². The van der Waals surface area contributed by atoms with Crippen molar-refractivity contribution in [2.75, 3.05) is 6.54 Å². The van der Waals surface area contributed by atoms with Crippen LogP contribution in [0.1, 0.15) is 18.6 Å². The third-order valence-corrected chi connectivity index (χ3v) is 2.78. The molecule has 0 bridgehead atoms. The number of nitrogens with two attached hydrogens (primary N) is 2. The molecule has 0 radical (unpaired) electrons. The number of hydrogen-bond donors (Lipinski definition) is 3. The van der Waals surface area contributed by atoms with Crippen molar-refractivity contribution in [2.45, 2.75) is 13.0 Å². The lowest BCUT2D eigenvalue weighted by atomic mass is 10.1. The number of aliphatic imine (C=N–C) groups is 2. The Morgan fingerprint density at radius 1 is 1.48 bits per heavy atom. The number of aliphatic hydroxyl groups is 1. The Morgan fingerprint density at radius 3 is 2.78 bits per heavy atom. The first kappa shape index (κ1) is 18.1. The Morgan fingerprint density at radius 2 is 2.22 bits per heavy atom. The third kappa shape index (κ3) is 5.73. The Bertz CT molecular complexity index is 699. The minimum absolute atomic E-state index is 0.142. The Balaban J connectivity index is 3.11. The molecule has 5 N–H and O–H groups in total. The van der Waals surface area contributed by atoms with E-state index in [-0.39, 0.29) is 12.1 Å². The monoisotopic (exact) mass is 315 g/mol. The van der Waals surface area contributed by atoms with E-state index >= 15 is 0 Å². The van der Waals surface area contributed by atoms with Crippen LogP contribution < -0.4 is 11.5 Å². The fraction of sp³-hybridized carbons (Fsp3) is 0.188. The summed E-state index contributed by atoms with van der Waals surface area (Å²) in [6.07, 6.45) is 4.42. The highest BCUT2D eigenvalue weighted by Gasteiger charge is 2.09. The minimum Gasteiger partial charge on any atom is -0.405 e. The predicted octanol–water partition coefficient (Wildman–Crippen LogP) is 1.86. The quantitative estimate of drug-likeness (QED) is 0.548. The number of rotatable bonds is 6. The van der Waals surface area contributed by atoms with Gasteiger partial charge in [-0.1, -0.05) is 0 Å². The van der Waals surface area contributed by atoms with Gasteiger partial charge in [0.05, 0.1) is 29.6 Å². The van der Waals surface area contributed by atoms with Crippen molar-refractivity contribution in [3.8, 4) is 6.07 Å². The molecule has 0 fully saturated rings. The zero-order valence-corrected chi connectivity index (χ0v) is 12.6. The number of allylic oxidation sites excluding steroid dienone is 1. The average molecular weight is 315 g/mol. The van der Waals surface area contributed by atoms with E-state index < -0.39 is 11.9 Å². The molecule has 7 heteroatoms. The normalized spacial score (nSPS) is 14.3. The molecule has 0 aliphatic rings. The lowest BCUT2D eigenvalue weighted by Gasteiger charge is -2.09. The highest BCUT2D eigenvalue weighted by atomic mass is 19.1.